The molecular weight excluding hydrogens is 577 g/mol. The molecule has 0 saturated carbocycles. The number of benzene rings is 2. The van der Waals surface area contributed by atoms with Crippen molar-refractivity contribution < 1.29 is 37.7 Å². The molecule has 2 aromatic carbocycles. The first-order valence-corrected chi connectivity index (χ1v) is 14.7. The Morgan fingerprint density at radius 3 is 2.49 bits per heavy atom. The topological polar surface area (TPSA) is 130 Å². The summed E-state index contributed by atoms with van der Waals surface area (Å²) in [6, 6.07) is 8.85. The minimum atomic E-state index is -0.705. The van der Waals surface area contributed by atoms with Gasteiger partial charge in [0.25, 0.3) is 0 Å². The highest BCUT2D eigenvalue weighted by Gasteiger charge is 2.20. The molecule has 0 spiro atoms. The monoisotopic (exact) mass is 615 g/mol. The Morgan fingerprint density at radius 2 is 1.79 bits per heavy atom. The number of ketones is 1. The molecule has 1 aromatic heterocycles. The number of amides is 1. The smallest absolute Gasteiger partial charge is 0.323 e. The number of ether oxygens (including phenoxy) is 4. The van der Waals surface area contributed by atoms with Crippen LogP contribution in [0.3, 0.4) is 0 Å². The van der Waals surface area contributed by atoms with Crippen molar-refractivity contribution in [3.63, 3.8) is 0 Å². The molecule has 0 bridgehead atoms. The Bertz CT molecular complexity index is 1460. The van der Waals surface area contributed by atoms with E-state index in [1.807, 2.05) is 25.3 Å². The van der Waals surface area contributed by atoms with E-state index >= 15 is 0 Å². The fraction of sp³-hybridized carbons (Fsp3) is 0.419. The van der Waals surface area contributed by atoms with E-state index in [-0.39, 0.29) is 49.5 Å². The standard InChI is InChI=1S/C31H38FN3O7S/c1-19(2)29(33)31(38)42-16-15-41-26-11-9-20(17-27(26)40-5)25(36)10-12-28(37)35(3)34-24(13-14-39-4)22-18-43-30-21(22)7-6-8-23(30)32/h6-9,11,17-19,29H,10,12-16,33H2,1-5H3/b34-24+/t29-/m0/s1. The number of rotatable bonds is 16. The van der Waals surface area contributed by atoms with Crippen LogP contribution in [0.5, 0.6) is 11.5 Å². The number of hydrazone groups is 1. The first-order valence-electron chi connectivity index (χ1n) is 13.8. The molecule has 0 aliphatic carbocycles. The summed E-state index contributed by atoms with van der Waals surface area (Å²) in [7, 11) is 4.54. The van der Waals surface area contributed by atoms with Crippen LogP contribution in [-0.4, -0.2) is 75.5 Å². The molecule has 12 heteroatoms. The fourth-order valence-corrected chi connectivity index (χ4v) is 5.05. The lowest BCUT2D eigenvalue weighted by atomic mass is 10.1. The molecule has 1 amide bonds. The summed E-state index contributed by atoms with van der Waals surface area (Å²) >= 11 is 1.27. The molecule has 0 fully saturated rings. The van der Waals surface area contributed by atoms with E-state index < -0.39 is 12.0 Å². The second-order valence-electron chi connectivity index (χ2n) is 10.0. The number of thiophene rings is 1. The van der Waals surface area contributed by atoms with E-state index in [1.165, 1.54) is 42.6 Å². The third-order valence-electron chi connectivity index (χ3n) is 6.66. The van der Waals surface area contributed by atoms with Gasteiger partial charge in [-0.3, -0.25) is 14.4 Å². The molecule has 232 valence electrons. The maximum absolute atomic E-state index is 14.2. The Labute approximate surface area is 254 Å². The number of nitrogens with two attached hydrogens (primary N) is 1. The number of esters is 1. The predicted molar refractivity (Wildman–Crippen MR) is 163 cm³/mol. The van der Waals surface area contributed by atoms with Crippen LogP contribution in [0, 0.1) is 11.7 Å². The van der Waals surface area contributed by atoms with E-state index in [1.54, 1.807) is 25.3 Å². The first-order chi connectivity index (χ1) is 20.6. The van der Waals surface area contributed by atoms with Crippen molar-refractivity contribution in [1.29, 1.82) is 0 Å². The quantitative estimate of drug-likeness (QED) is 0.0799. The van der Waals surface area contributed by atoms with Crippen LogP contribution in [0.1, 0.15) is 49.0 Å². The minimum Gasteiger partial charge on any atom is -0.493 e. The average Bonchev–Trinajstić information content (AvgIpc) is 3.44. The van der Waals surface area contributed by atoms with Gasteiger partial charge >= 0.3 is 5.97 Å². The number of fused-ring (bicyclic) bond motifs is 1. The number of methoxy groups -OCH3 is 2. The van der Waals surface area contributed by atoms with Gasteiger partial charge in [0.05, 0.1) is 24.1 Å². The summed E-state index contributed by atoms with van der Waals surface area (Å²) in [6.07, 6.45) is 0.297. The molecule has 43 heavy (non-hydrogen) atoms. The van der Waals surface area contributed by atoms with Crippen molar-refractivity contribution in [3.05, 3.63) is 58.7 Å². The van der Waals surface area contributed by atoms with Gasteiger partial charge in [0.2, 0.25) is 5.91 Å². The molecule has 3 aromatic rings. The van der Waals surface area contributed by atoms with E-state index in [2.05, 4.69) is 5.10 Å². The van der Waals surface area contributed by atoms with Crippen molar-refractivity contribution in [2.45, 2.75) is 39.2 Å². The van der Waals surface area contributed by atoms with Crippen molar-refractivity contribution in [2.75, 3.05) is 41.1 Å². The second-order valence-corrected chi connectivity index (χ2v) is 10.9. The highest BCUT2D eigenvalue weighted by molar-refractivity contribution is 7.17. The predicted octanol–water partition coefficient (Wildman–Crippen LogP) is 4.82. The van der Waals surface area contributed by atoms with Crippen LogP contribution < -0.4 is 15.2 Å². The van der Waals surface area contributed by atoms with Gasteiger partial charge in [-0.1, -0.05) is 26.0 Å². The number of hydrogen-bond acceptors (Lipinski definition) is 10. The number of nitrogens with zero attached hydrogens (tertiary/aromatic N) is 2. The van der Waals surface area contributed by atoms with Crippen molar-refractivity contribution in [2.24, 2.45) is 16.8 Å². The molecule has 1 heterocycles. The summed E-state index contributed by atoms with van der Waals surface area (Å²) in [5, 5.41) is 8.25. The summed E-state index contributed by atoms with van der Waals surface area (Å²) < 4.78 is 36.1. The van der Waals surface area contributed by atoms with Gasteiger partial charge in [0.1, 0.15) is 25.1 Å². The number of carbonyl (C=O) groups is 3. The lowest BCUT2D eigenvalue weighted by Gasteiger charge is -2.16. The van der Waals surface area contributed by atoms with Gasteiger partial charge in [-0.25, -0.2) is 9.40 Å². The van der Waals surface area contributed by atoms with Crippen molar-refractivity contribution >= 4 is 44.8 Å². The molecular formula is C31H38FN3O7S. The summed E-state index contributed by atoms with van der Waals surface area (Å²) in [5.41, 5.74) is 7.44. The number of halogens is 1. The van der Waals surface area contributed by atoms with E-state index in [0.717, 1.165) is 5.56 Å². The molecule has 0 saturated heterocycles. The van der Waals surface area contributed by atoms with E-state index in [9.17, 15) is 18.8 Å². The molecule has 3 rings (SSSR count). The lowest BCUT2D eigenvalue weighted by Crippen LogP contribution is -2.37. The van der Waals surface area contributed by atoms with Crippen LogP contribution in [-0.2, 0) is 19.1 Å². The summed E-state index contributed by atoms with van der Waals surface area (Å²) in [4.78, 5) is 37.7. The zero-order valence-electron chi connectivity index (χ0n) is 25.1. The zero-order valence-corrected chi connectivity index (χ0v) is 25.9. The molecule has 1 atom stereocenters. The highest BCUT2D eigenvalue weighted by Crippen LogP contribution is 2.30. The molecule has 10 nitrogen and oxygen atoms in total. The molecule has 0 unspecified atom stereocenters. The lowest BCUT2D eigenvalue weighted by molar-refractivity contribution is -0.147. The zero-order chi connectivity index (χ0) is 31.5. The maximum Gasteiger partial charge on any atom is 0.323 e. The Kier molecular flexibility index (Phi) is 12.6. The van der Waals surface area contributed by atoms with Gasteiger partial charge in [0.15, 0.2) is 17.3 Å². The Balaban J connectivity index is 1.60. The third-order valence-corrected chi connectivity index (χ3v) is 7.67. The normalized spacial score (nSPS) is 12.3. The van der Waals surface area contributed by atoms with Gasteiger partial charge < -0.3 is 24.7 Å². The fourth-order valence-electron chi connectivity index (χ4n) is 4.07. The van der Waals surface area contributed by atoms with Crippen LogP contribution in [0.2, 0.25) is 0 Å². The largest absolute Gasteiger partial charge is 0.493 e. The van der Waals surface area contributed by atoms with Crippen molar-refractivity contribution in [3.8, 4) is 11.5 Å². The second kappa shape index (κ2) is 16.1. The van der Waals surface area contributed by atoms with Crippen LogP contribution in [0.15, 0.2) is 46.9 Å². The van der Waals surface area contributed by atoms with Gasteiger partial charge in [0, 0.05) is 55.3 Å². The summed E-state index contributed by atoms with van der Waals surface area (Å²) in [6.45, 7) is 4.11. The third kappa shape index (κ3) is 9.06. The van der Waals surface area contributed by atoms with Crippen LogP contribution in [0.4, 0.5) is 4.39 Å². The minimum absolute atomic E-state index is 0.00784. The van der Waals surface area contributed by atoms with Crippen LogP contribution >= 0.6 is 11.3 Å². The van der Waals surface area contributed by atoms with Gasteiger partial charge in [-0.2, -0.15) is 5.10 Å². The van der Waals surface area contributed by atoms with Gasteiger partial charge in [-0.15, -0.1) is 11.3 Å². The van der Waals surface area contributed by atoms with Crippen LogP contribution in [0.25, 0.3) is 10.1 Å². The van der Waals surface area contributed by atoms with Crippen molar-refractivity contribution in [1.82, 2.24) is 5.01 Å². The molecule has 2 N–H and O–H groups in total. The number of hydrogen-bond donors (Lipinski definition) is 1. The summed E-state index contributed by atoms with van der Waals surface area (Å²) in [5.74, 6) is -0.770. The maximum atomic E-state index is 14.2. The highest BCUT2D eigenvalue weighted by atomic mass is 32.1. The first kappa shape index (κ1) is 33.6. The number of carbonyl (C=O) groups excluding carboxylic acids is 3. The van der Waals surface area contributed by atoms with E-state index in [0.29, 0.717) is 45.9 Å². The average molecular weight is 616 g/mol. The molecule has 0 aliphatic heterocycles. The molecule has 0 aliphatic rings. The van der Waals surface area contributed by atoms with E-state index in [4.69, 9.17) is 24.7 Å². The Morgan fingerprint density at radius 1 is 1.02 bits per heavy atom. The number of Topliss-reactive ketones (excluding diaryl/α,β-unsaturated/α-hetero) is 1. The van der Waals surface area contributed by atoms with Gasteiger partial charge in [-0.05, 0) is 30.2 Å². The SMILES string of the molecule is COCC/C(=N\N(C)C(=O)CCC(=O)c1ccc(OCCOC(=O)[C@@H](N)C(C)C)c(OC)c1)c1csc2c(F)cccc12. The Hall–Kier alpha value is -3.87. The molecule has 0 radical (unpaired) electrons.